The van der Waals surface area contributed by atoms with E-state index in [2.05, 4.69) is 21.3 Å². The molecule has 0 saturated carbocycles. The number of pyridine rings is 1. The third kappa shape index (κ3) is 3.96. The SMILES string of the molecule is O=C(C1CSCCN1)N1CCN(Cc2cccnc2)CC1. The molecule has 114 valence electrons. The van der Waals surface area contributed by atoms with Crippen LogP contribution in [0.3, 0.4) is 0 Å². The Morgan fingerprint density at radius 1 is 1.38 bits per heavy atom. The number of piperazine rings is 1. The summed E-state index contributed by atoms with van der Waals surface area (Å²) in [6.45, 7) is 5.43. The van der Waals surface area contributed by atoms with Crippen LogP contribution in [0.5, 0.6) is 0 Å². The van der Waals surface area contributed by atoms with Crippen molar-refractivity contribution in [1.82, 2.24) is 20.1 Å². The van der Waals surface area contributed by atoms with Crippen LogP contribution in [-0.4, -0.2) is 71.0 Å². The second-order valence-electron chi connectivity index (χ2n) is 5.54. The maximum atomic E-state index is 12.4. The standard InChI is InChI=1S/C15H22N4OS/c20-15(14-12-21-9-4-17-14)19-7-5-18(6-8-19)11-13-2-1-3-16-10-13/h1-3,10,14,17H,4-9,11-12H2. The average Bonchev–Trinajstić information content (AvgIpc) is 2.57. The topological polar surface area (TPSA) is 48.5 Å². The molecule has 3 rings (SSSR count). The van der Waals surface area contributed by atoms with Crippen molar-refractivity contribution in [2.75, 3.05) is 44.2 Å². The number of amides is 1. The van der Waals surface area contributed by atoms with Gasteiger partial charge in [0.1, 0.15) is 0 Å². The van der Waals surface area contributed by atoms with E-state index in [9.17, 15) is 4.79 Å². The molecule has 1 aromatic rings. The van der Waals surface area contributed by atoms with Gasteiger partial charge in [-0.05, 0) is 11.6 Å². The molecule has 1 N–H and O–H groups in total. The Hall–Kier alpha value is -1.11. The van der Waals surface area contributed by atoms with E-state index in [1.54, 1.807) is 6.20 Å². The van der Waals surface area contributed by atoms with Crippen LogP contribution in [0.1, 0.15) is 5.56 Å². The van der Waals surface area contributed by atoms with Gasteiger partial charge in [-0.15, -0.1) is 0 Å². The average molecular weight is 306 g/mol. The number of hydrogen-bond acceptors (Lipinski definition) is 5. The van der Waals surface area contributed by atoms with E-state index >= 15 is 0 Å². The maximum Gasteiger partial charge on any atom is 0.240 e. The second kappa shape index (κ2) is 7.24. The fourth-order valence-electron chi connectivity index (χ4n) is 2.82. The molecule has 0 spiro atoms. The highest BCUT2D eigenvalue weighted by Gasteiger charge is 2.28. The third-order valence-electron chi connectivity index (χ3n) is 4.03. The minimum Gasteiger partial charge on any atom is -0.339 e. The number of carbonyl (C=O) groups excluding carboxylic acids is 1. The van der Waals surface area contributed by atoms with E-state index in [1.807, 2.05) is 28.9 Å². The molecule has 1 amide bonds. The minimum absolute atomic E-state index is 0.0219. The van der Waals surface area contributed by atoms with E-state index in [-0.39, 0.29) is 11.9 Å². The molecule has 1 atom stereocenters. The highest BCUT2D eigenvalue weighted by atomic mass is 32.2. The van der Waals surface area contributed by atoms with Crippen LogP contribution in [0, 0.1) is 0 Å². The molecule has 3 heterocycles. The van der Waals surface area contributed by atoms with Crippen molar-refractivity contribution in [3.05, 3.63) is 30.1 Å². The largest absolute Gasteiger partial charge is 0.339 e. The van der Waals surface area contributed by atoms with Crippen LogP contribution in [0.15, 0.2) is 24.5 Å². The zero-order valence-corrected chi connectivity index (χ0v) is 13.0. The van der Waals surface area contributed by atoms with Crippen molar-refractivity contribution in [3.8, 4) is 0 Å². The first kappa shape index (κ1) is 14.8. The summed E-state index contributed by atoms with van der Waals surface area (Å²) >= 11 is 1.87. The van der Waals surface area contributed by atoms with Gasteiger partial charge in [-0.2, -0.15) is 11.8 Å². The lowest BCUT2D eigenvalue weighted by Crippen LogP contribution is -2.55. The fraction of sp³-hybridized carbons (Fsp3) is 0.600. The molecule has 0 aromatic carbocycles. The zero-order valence-electron chi connectivity index (χ0n) is 12.2. The van der Waals surface area contributed by atoms with Crippen molar-refractivity contribution in [2.45, 2.75) is 12.6 Å². The Kier molecular flexibility index (Phi) is 5.11. The van der Waals surface area contributed by atoms with Crippen LogP contribution in [0.2, 0.25) is 0 Å². The van der Waals surface area contributed by atoms with Crippen LogP contribution in [0.4, 0.5) is 0 Å². The van der Waals surface area contributed by atoms with Crippen molar-refractivity contribution < 1.29 is 4.79 Å². The summed E-state index contributed by atoms with van der Waals surface area (Å²) in [4.78, 5) is 21.0. The third-order valence-corrected chi connectivity index (χ3v) is 5.09. The van der Waals surface area contributed by atoms with Gasteiger partial charge in [-0.3, -0.25) is 14.7 Å². The maximum absolute atomic E-state index is 12.4. The quantitative estimate of drug-likeness (QED) is 0.878. The molecule has 0 radical (unpaired) electrons. The van der Waals surface area contributed by atoms with Crippen LogP contribution in [-0.2, 0) is 11.3 Å². The number of aromatic nitrogens is 1. The van der Waals surface area contributed by atoms with E-state index in [4.69, 9.17) is 0 Å². The molecular formula is C15H22N4OS. The van der Waals surface area contributed by atoms with Gasteiger partial charge in [-0.25, -0.2) is 0 Å². The molecule has 2 saturated heterocycles. The predicted octanol–water partition coefficient (Wildman–Crippen LogP) is 0.431. The van der Waals surface area contributed by atoms with E-state index in [1.165, 1.54) is 5.56 Å². The van der Waals surface area contributed by atoms with Crippen molar-refractivity contribution >= 4 is 17.7 Å². The first-order valence-electron chi connectivity index (χ1n) is 7.54. The number of hydrogen-bond donors (Lipinski definition) is 1. The van der Waals surface area contributed by atoms with Crippen LogP contribution < -0.4 is 5.32 Å². The van der Waals surface area contributed by atoms with E-state index in [0.29, 0.717) is 0 Å². The smallest absolute Gasteiger partial charge is 0.240 e. The summed E-state index contributed by atoms with van der Waals surface area (Å²) in [7, 11) is 0. The summed E-state index contributed by atoms with van der Waals surface area (Å²) in [5, 5.41) is 3.33. The molecule has 0 bridgehead atoms. The van der Waals surface area contributed by atoms with Crippen LogP contribution in [0.25, 0.3) is 0 Å². The van der Waals surface area contributed by atoms with Gasteiger partial charge < -0.3 is 10.2 Å². The van der Waals surface area contributed by atoms with E-state index in [0.717, 1.165) is 50.8 Å². The molecule has 5 nitrogen and oxygen atoms in total. The molecule has 1 unspecified atom stereocenters. The number of carbonyl (C=O) groups is 1. The lowest BCUT2D eigenvalue weighted by Gasteiger charge is -2.37. The van der Waals surface area contributed by atoms with Gasteiger partial charge in [0.2, 0.25) is 5.91 Å². The first-order chi connectivity index (χ1) is 10.3. The van der Waals surface area contributed by atoms with Crippen molar-refractivity contribution in [2.24, 2.45) is 0 Å². The molecule has 2 aliphatic rings. The van der Waals surface area contributed by atoms with Gasteiger partial charge in [0, 0.05) is 63.2 Å². The summed E-state index contributed by atoms with van der Waals surface area (Å²) in [5.41, 5.74) is 1.24. The Morgan fingerprint density at radius 2 is 2.24 bits per heavy atom. The molecule has 2 fully saturated rings. The Morgan fingerprint density at radius 3 is 2.90 bits per heavy atom. The van der Waals surface area contributed by atoms with Crippen molar-refractivity contribution in [3.63, 3.8) is 0 Å². The number of nitrogens with zero attached hydrogens (tertiary/aromatic N) is 3. The number of rotatable bonds is 3. The van der Waals surface area contributed by atoms with Gasteiger partial charge in [0.15, 0.2) is 0 Å². The number of nitrogens with one attached hydrogen (secondary N) is 1. The first-order valence-corrected chi connectivity index (χ1v) is 8.69. The number of thioether (sulfide) groups is 1. The molecule has 2 aliphatic heterocycles. The lowest BCUT2D eigenvalue weighted by molar-refractivity contribution is -0.134. The summed E-state index contributed by atoms with van der Waals surface area (Å²) < 4.78 is 0. The van der Waals surface area contributed by atoms with Gasteiger partial charge in [0.25, 0.3) is 0 Å². The Balaban J connectivity index is 1.47. The summed E-state index contributed by atoms with van der Waals surface area (Å²) in [6, 6.07) is 4.10. The zero-order chi connectivity index (χ0) is 14.5. The van der Waals surface area contributed by atoms with Crippen LogP contribution >= 0.6 is 11.8 Å². The molecule has 6 heteroatoms. The van der Waals surface area contributed by atoms with E-state index < -0.39 is 0 Å². The Bertz CT molecular complexity index is 456. The normalized spacial score (nSPS) is 24.0. The minimum atomic E-state index is 0.0219. The Labute approximate surface area is 130 Å². The lowest BCUT2D eigenvalue weighted by atomic mass is 10.2. The van der Waals surface area contributed by atoms with Gasteiger partial charge in [-0.1, -0.05) is 6.07 Å². The highest BCUT2D eigenvalue weighted by Crippen LogP contribution is 2.13. The monoisotopic (exact) mass is 306 g/mol. The summed E-state index contributed by atoms with van der Waals surface area (Å²) in [6.07, 6.45) is 3.72. The molecular weight excluding hydrogens is 284 g/mol. The summed E-state index contributed by atoms with van der Waals surface area (Å²) in [5.74, 6) is 2.31. The van der Waals surface area contributed by atoms with Gasteiger partial charge in [0.05, 0.1) is 6.04 Å². The molecule has 1 aromatic heterocycles. The second-order valence-corrected chi connectivity index (χ2v) is 6.69. The van der Waals surface area contributed by atoms with Crippen molar-refractivity contribution in [1.29, 1.82) is 0 Å². The fourth-order valence-corrected chi connectivity index (χ4v) is 3.75. The van der Waals surface area contributed by atoms with Gasteiger partial charge >= 0.3 is 0 Å². The highest BCUT2D eigenvalue weighted by molar-refractivity contribution is 7.99. The molecule has 21 heavy (non-hydrogen) atoms. The predicted molar refractivity (Wildman–Crippen MR) is 85.2 cm³/mol. The molecule has 0 aliphatic carbocycles.